The van der Waals surface area contributed by atoms with Crippen LogP contribution in [0.2, 0.25) is 5.02 Å². The van der Waals surface area contributed by atoms with Crippen molar-refractivity contribution < 1.29 is 36.2 Å². The van der Waals surface area contributed by atoms with Gasteiger partial charge in [0.2, 0.25) is 10.0 Å². The van der Waals surface area contributed by atoms with E-state index >= 15 is 0 Å². The summed E-state index contributed by atoms with van der Waals surface area (Å²) in [4.78, 5) is 1.31. The lowest BCUT2D eigenvalue weighted by Gasteiger charge is -2.35. The number of piperazine rings is 1. The Morgan fingerprint density at radius 1 is 1.12 bits per heavy atom. The lowest BCUT2D eigenvalue weighted by atomic mass is 10.2. The fourth-order valence-electron chi connectivity index (χ4n) is 3.59. The van der Waals surface area contributed by atoms with Crippen molar-refractivity contribution in [2.24, 2.45) is 0 Å². The Bertz CT molecular complexity index is 1080. The topological polar surface area (TPSA) is 79.3 Å². The van der Waals surface area contributed by atoms with Crippen LogP contribution in [0, 0.1) is 0 Å². The molecule has 0 bridgehead atoms. The summed E-state index contributed by atoms with van der Waals surface area (Å²) in [5.74, 6) is 0.709. The zero-order valence-corrected chi connectivity index (χ0v) is 20.0. The number of hydrogen-bond acceptors (Lipinski definition) is 6. The van der Waals surface area contributed by atoms with Crippen LogP contribution in [0.4, 0.5) is 13.2 Å². The third-order valence-corrected chi connectivity index (χ3v) is 7.77. The van der Waals surface area contributed by atoms with Gasteiger partial charge in [-0.15, -0.1) is 0 Å². The summed E-state index contributed by atoms with van der Waals surface area (Å²) in [6.45, 7) is 1.41. The predicted molar refractivity (Wildman–Crippen MR) is 120 cm³/mol. The van der Waals surface area contributed by atoms with Crippen LogP contribution in [0.5, 0.6) is 5.75 Å². The van der Waals surface area contributed by atoms with E-state index in [0.29, 0.717) is 31.5 Å². The molecule has 2 aromatic carbocycles. The molecule has 1 aliphatic rings. The first-order valence-corrected chi connectivity index (χ1v) is 12.3. The Hall–Kier alpha value is -1.89. The number of nitrogens with zero attached hydrogens (tertiary/aromatic N) is 2. The Balaban J connectivity index is 1.51. The van der Waals surface area contributed by atoms with E-state index in [2.05, 4.69) is 0 Å². The average Bonchev–Trinajstić information content (AvgIpc) is 2.79. The van der Waals surface area contributed by atoms with E-state index in [1.165, 1.54) is 0 Å². The number of β-amino-alcohol motifs (C(OH)–C–C–N with tert-alkyl or cyclic N) is 1. The molecule has 0 aliphatic carbocycles. The van der Waals surface area contributed by atoms with Crippen molar-refractivity contribution in [2.75, 3.05) is 46.4 Å². The van der Waals surface area contributed by atoms with Crippen molar-refractivity contribution in [3.63, 3.8) is 0 Å². The molecule has 0 saturated carbocycles. The highest BCUT2D eigenvalue weighted by molar-refractivity contribution is 7.89. The van der Waals surface area contributed by atoms with Crippen LogP contribution >= 0.6 is 11.6 Å². The summed E-state index contributed by atoms with van der Waals surface area (Å²) in [6.07, 6.45) is -5.47. The summed E-state index contributed by atoms with van der Waals surface area (Å²) >= 11 is 5.92. The molecular formula is C22H26ClF3N2O5S. The third kappa shape index (κ3) is 6.83. The van der Waals surface area contributed by atoms with Crippen molar-refractivity contribution in [1.29, 1.82) is 0 Å². The van der Waals surface area contributed by atoms with Gasteiger partial charge in [-0.1, -0.05) is 23.7 Å². The average molecular weight is 523 g/mol. The number of benzene rings is 2. The molecule has 0 unspecified atom stereocenters. The van der Waals surface area contributed by atoms with E-state index in [9.17, 15) is 26.7 Å². The highest BCUT2D eigenvalue weighted by Crippen LogP contribution is 2.34. The Morgan fingerprint density at radius 3 is 2.47 bits per heavy atom. The van der Waals surface area contributed by atoms with Crippen LogP contribution in [-0.2, 0) is 27.5 Å². The molecule has 1 N–H and O–H groups in total. The fraction of sp³-hybridized carbons (Fsp3) is 0.455. The number of sulfonamides is 1. The van der Waals surface area contributed by atoms with Crippen molar-refractivity contribution in [1.82, 2.24) is 9.21 Å². The summed E-state index contributed by atoms with van der Waals surface area (Å²) in [5.41, 5.74) is -0.176. The van der Waals surface area contributed by atoms with E-state index in [0.717, 1.165) is 22.0 Å². The Morgan fingerprint density at radius 2 is 1.82 bits per heavy atom. The third-order valence-electron chi connectivity index (χ3n) is 5.39. The Labute approximate surface area is 201 Å². The maximum Gasteiger partial charge on any atom is 0.416 e. The second kappa shape index (κ2) is 11.2. The largest absolute Gasteiger partial charge is 0.497 e. The van der Waals surface area contributed by atoms with Gasteiger partial charge in [0, 0.05) is 32.7 Å². The molecule has 7 nitrogen and oxygen atoms in total. The molecule has 1 fully saturated rings. The zero-order chi connectivity index (χ0) is 24.9. The molecule has 188 valence electrons. The highest BCUT2D eigenvalue weighted by Gasteiger charge is 2.35. The molecule has 2 aromatic rings. The molecule has 0 aromatic heterocycles. The van der Waals surface area contributed by atoms with Gasteiger partial charge >= 0.3 is 6.18 Å². The van der Waals surface area contributed by atoms with Crippen LogP contribution in [0.25, 0.3) is 0 Å². The minimum Gasteiger partial charge on any atom is -0.497 e. The van der Waals surface area contributed by atoms with Crippen LogP contribution in [0.3, 0.4) is 0 Å². The van der Waals surface area contributed by atoms with E-state index in [-0.39, 0.29) is 31.3 Å². The first-order valence-electron chi connectivity index (χ1n) is 10.5. The fourth-order valence-corrected chi connectivity index (χ4v) is 5.52. The summed E-state index contributed by atoms with van der Waals surface area (Å²) in [7, 11) is -2.63. The lowest BCUT2D eigenvalue weighted by molar-refractivity contribution is -0.137. The van der Waals surface area contributed by atoms with Crippen molar-refractivity contribution in [2.45, 2.75) is 23.8 Å². The first kappa shape index (κ1) is 26.7. The monoisotopic (exact) mass is 522 g/mol. The molecule has 0 amide bonds. The number of ether oxygens (including phenoxy) is 2. The molecule has 3 rings (SSSR count). The second-order valence-electron chi connectivity index (χ2n) is 7.87. The quantitative estimate of drug-likeness (QED) is 0.545. The zero-order valence-electron chi connectivity index (χ0n) is 18.5. The molecule has 0 spiro atoms. The van der Waals surface area contributed by atoms with E-state index in [1.807, 2.05) is 29.2 Å². The molecule has 0 radical (unpaired) electrons. The van der Waals surface area contributed by atoms with E-state index < -0.39 is 32.8 Å². The van der Waals surface area contributed by atoms with Gasteiger partial charge in [0.25, 0.3) is 0 Å². The molecule has 1 aliphatic heterocycles. The van der Waals surface area contributed by atoms with E-state index in [4.69, 9.17) is 21.1 Å². The number of hydrogen-bond donors (Lipinski definition) is 1. The maximum atomic E-state index is 13.0. The van der Waals surface area contributed by atoms with Gasteiger partial charge in [-0.05, 0) is 35.9 Å². The van der Waals surface area contributed by atoms with Gasteiger partial charge in [0.05, 0.1) is 37.0 Å². The number of alkyl halides is 3. The van der Waals surface area contributed by atoms with Crippen LogP contribution < -0.4 is 4.74 Å². The van der Waals surface area contributed by atoms with Gasteiger partial charge in [0.1, 0.15) is 10.6 Å². The predicted octanol–water partition coefficient (Wildman–Crippen LogP) is 3.25. The normalized spacial score (nSPS) is 17.0. The number of halogens is 4. The minimum absolute atomic E-state index is 0.0618. The first-order chi connectivity index (χ1) is 16.0. The SMILES string of the molecule is COc1cccc(COC[C@H](O)CN2CCN(S(=O)(=O)c3cc(C(F)(F)F)ccc3Cl)CC2)c1. The van der Waals surface area contributed by atoms with Gasteiger partial charge in [-0.3, -0.25) is 4.90 Å². The van der Waals surface area contributed by atoms with Crippen LogP contribution in [0.1, 0.15) is 11.1 Å². The number of aliphatic hydroxyl groups excluding tert-OH is 1. The summed E-state index contributed by atoms with van der Waals surface area (Å²) in [6, 6.07) is 9.63. The van der Waals surface area contributed by atoms with Gasteiger partial charge in [-0.25, -0.2) is 8.42 Å². The van der Waals surface area contributed by atoms with Crippen molar-refractivity contribution >= 4 is 21.6 Å². The smallest absolute Gasteiger partial charge is 0.416 e. The standard InChI is InChI=1S/C22H26ClF3N2O5S/c1-32-19-4-2-3-16(11-19)14-33-15-18(29)13-27-7-9-28(10-8-27)34(30,31)21-12-17(22(24,25)26)5-6-20(21)23/h2-6,11-12,18,29H,7-10,13-15H2,1H3/t18-/m1/s1. The van der Waals surface area contributed by atoms with Crippen molar-refractivity contribution in [3.05, 3.63) is 58.6 Å². The van der Waals surface area contributed by atoms with Crippen molar-refractivity contribution in [3.8, 4) is 5.75 Å². The molecule has 1 atom stereocenters. The highest BCUT2D eigenvalue weighted by atomic mass is 35.5. The second-order valence-corrected chi connectivity index (χ2v) is 10.2. The van der Waals surface area contributed by atoms with Crippen LogP contribution in [0.15, 0.2) is 47.4 Å². The number of rotatable bonds is 9. The Kier molecular flexibility index (Phi) is 8.82. The van der Waals surface area contributed by atoms with Gasteiger partial charge in [0.15, 0.2) is 0 Å². The molecule has 1 saturated heterocycles. The molecule has 12 heteroatoms. The maximum absolute atomic E-state index is 13.0. The minimum atomic E-state index is -4.68. The molecular weight excluding hydrogens is 497 g/mol. The summed E-state index contributed by atoms with van der Waals surface area (Å²) < 4.78 is 76.7. The molecule has 34 heavy (non-hydrogen) atoms. The summed E-state index contributed by atoms with van der Waals surface area (Å²) in [5, 5.41) is 10.0. The number of methoxy groups -OCH3 is 1. The van der Waals surface area contributed by atoms with Gasteiger partial charge in [-0.2, -0.15) is 17.5 Å². The molecule has 1 heterocycles. The van der Waals surface area contributed by atoms with E-state index in [1.54, 1.807) is 7.11 Å². The van der Waals surface area contributed by atoms with Crippen LogP contribution in [-0.4, -0.2) is 75.3 Å². The lowest BCUT2D eigenvalue weighted by Crippen LogP contribution is -2.50. The number of aliphatic hydroxyl groups is 1. The van der Waals surface area contributed by atoms with Gasteiger partial charge < -0.3 is 14.6 Å².